The van der Waals surface area contributed by atoms with Gasteiger partial charge in [-0.05, 0) is 57.4 Å². The van der Waals surface area contributed by atoms with Gasteiger partial charge in [-0.15, -0.1) is 0 Å². The predicted molar refractivity (Wildman–Crippen MR) is 91.0 cm³/mol. The second kappa shape index (κ2) is 6.48. The summed E-state index contributed by atoms with van der Waals surface area (Å²) in [6, 6.07) is 7.50. The van der Waals surface area contributed by atoms with Crippen LogP contribution < -0.4 is 0 Å². The zero-order valence-corrected chi connectivity index (χ0v) is 15.4. The van der Waals surface area contributed by atoms with Gasteiger partial charge in [0.15, 0.2) is 0 Å². The van der Waals surface area contributed by atoms with E-state index in [1.807, 2.05) is 45.0 Å². The molecule has 124 valence electrons. The van der Waals surface area contributed by atoms with Gasteiger partial charge in [0.1, 0.15) is 11.0 Å². The molecule has 4 nitrogen and oxygen atoms in total. The lowest BCUT2D eigenvalue weighted by Crippen LogP contribution is -2.32. The summed E-state index contributed by atoms with van der Waals surface area (Å²) < 4.78 is 11.5. The van der Waals surface area contributed by atoms with Crippen LogP contribution in [0.15, 0.2) is 40.4 Å². The molecule has 0 aliphatic heterocycles. The van der Waals surface area contributed by atoms with Crippen LogP contribution in [-0.4, -0.2) is 24.1 Å². The van der Waals surface area contributed by atoms with Crippen LogP contribution in [0.2, 0.25) is 0 Å². The number of hydrogen-bond donors (Lipinski definition) is 0. The molecule has 0 aromatic heterocycles. The topological polar surface area (TPSA) is 52.6 Å². The lowest BCUT2D eigenvalue weighted by Gasteiger charge is -2.24. The van der Waals surface area contributed by atoms with Crippen molar-refractivity contribution in [3.63, 3.8) is 0 Å². The molecule has 0 amide bonds. The first-order valence-electron chi connectivity index (χ1n) is 7.56. The minimum absolute atomic E-state index is 0.306. The second-order valence-corrected chi connectivity index (χ2v) is 7.43. The summed E-state index contributed by atoms with van der Waals surface area (Å²) in [6.45, 7) is 7.55. The van der Waals surface area contributed by atoms with Crippen LogP contribution in [0.1, 0.15) is 39.7 Å². The number of benzene rings is 1. The number of esters is 2. The van der Waals surface area contributed by atoms with E-state index in [0.717, 1.165) is 15.6 Å². The molecule has 1 fully saturated rings. The monoisotopic (exact) mass is 380 g/mol. The summed E-state index contributed by atoms with van der Waals surface area (Å²) >= 11 is 3.39. The maximum absolute atomic E-state index is 12.8. The summed E-state index contributed by atoms with van der Waals surface area (Å²) in [4.78, 5) is 24.5. The van der Waals surface area contributed by atoms with Crippen LogP contribution in [-0.2, 0) is 24.5 Å². The van der Waals surface area contributed by atoms with E-state index in [1.54, 1.807) is 6.92 Å². The minimum Gasteiger partial charge on any atom is -0.463 e. The largest absolute Gasteiger partial charge is 0.463 e. The Morgan fingerprint density at radius 2 is 1.87 bits per heavy atom. The molecule has 1 saturated carbocycles. The molecule has 1 atom stereocenters. The Labute approximate surface area is 145 Å². The Kier molecular flexibility index (Phi) is 4.99. The molecule has 1 aromatic rings. The zero-order valence-electron chi connectivity index (χ0n) is 13.8. The highest BCUT2D eigenvalue weighted by Crippen LogP contribution is 2.55. The van der Waals surface area contributed by atoms with Crippen molar-refractivity contribution in [1.82, 2.24) is 0 Å². The molecule has 0 N–H and O–H groups in total. The molecular weight excluding hydrogens is 360 g/mol. The van der Waals surface area contributed by atoms with Crippen LogP contribution in [0.25, 0.3) is 0 Å². The maximum atomic E-state index is 12.8. The van der Waals surface area contributed by atoms with E-state index in [1.165, 1.54) is 6.08 Å². The van der Waals surface area contributed by atoms with Crippen molar-refractivity contribution in [2.75, 3.05) is 6.61 Å². The van der Waals surface area contributed by atoms with Crippen molar-refractivity contribution in [2.45, 2.75) is 45.1 Å². The van der Waals surface area contributed by atoms with Crippen molar-refractivity contribution in [2.24, 2.45) is 0 Å². The van der Waals surface area contributed by atoms with E-state index in [2.05, 4.69) is 15.9 Å². The highest BCUT2D eigenvalue weighted by Gasteiger charge is 2.59. The molecule has 2 rings (SSSR count). The number of carbonyl (C=O) groups is 2. The molecule has 0 unspecified atom stereocenters. The lowest BCUT2D eigenvalue weighted by molar-refractivity contribution is -0.157. The summed E-state index contributed by atoms with van der Waals surface area (Å²) in [5.74, 6) is -0.757. The van der Waals surface area contributed by atoms with Crippen molar-refractivity contribution in [3.8, 4) is 0 Å². The third-order valence-corrected chi connectivity index (χ3v) is 4.07. The third kappa shape index (κ3) is 4.02. The van der Waals surface area contributed by atoms with Crippen molar-refractivity contribution < 1.29 is 19.1 Å². The molecule has 0 heterocycles. The Hall–Kier alpha value is -1.62. The number of rotatable bonds is 4. The van der Waals surface area contributed by atoms with E-state index < -0.39 is 17.0 Å². The first-order chi connectivity index (χ1) is 10.7. The predicted octanol–water partition coefficient (Wildman–Crippen LogP) is 3.92. The molecule has 0 bridgehead atoms. The quantitative estimate of drug-likeness (QED) is 0.586. The van der Waals surface area contributed by atoms with Gasteiger partial charge in [0, 0.05) is 10.5 Å². The smallest absolute Gasteiger partial charge is 0.330 e. The highest BCUT2D eigenvalue weighted by molar-refractivity contribution is 9.10. The lowest BCUT2D eigenvalue weighted by atomic mass is 9.94. The summed E-state index contributed by atoms with van der Waals surface area (Å²) in [5, 5.41) is 0. The normalized spacial score (nSPS) is 21.9. The molecular formula is C18H21BrO4. The van der Waals surface area contributed by atoms with Gasteiger partial charge in [0.05, 0.1) is 6.61 Å². The Morgan fingerprint density at radius 3 is 2.39 bits per heavy atom. The average Bonchev–Trinajstić information content (AvgIpc) is 3.13. The van der Waals surface area contributed by atoms with E-state index in [4.69, 9.17) is 9.47 Å². The number of halogens is 1. The fraction of sp³-hybridized carbons (Fsp3) is 0.444. The molecule has 23 heavy (non-hydrogen) atoms. The van der Waals surface area contributed by atoms with Crippen LogP contribution in [0, 0.1) is 0 Å². The first kappa shape index (κ1) is 17.7. The number of hydrogen-bond acceptors (Lipinski definition) is 4. The highest BCUT2D eigenvalue weighted by atomic mass is 79.9. The van der Waals surface area contributed by atoms with E-state index >= 15 is 0 Å². The van der Waals surface area contributed by atoms with Gasteiger partial charge in [-0.2, -0.15) is 0 Å². The van der Waals surface area contributed by atoms with Crippen molar-refractivity contribution in [3.05, 3.63) is 46.0 Å². The van der Waals surface area contributed by atoms with Crippen LogP contribution in [0.3, 0.4) is 0 Å². The summed E-state index contributed by atoms with van der Waals surface area (Å²) in [5.41, 5.74) is 0.0932. The van der Waals surface area contributed by atoms with Gasteiger partial charge in [-0.25, -0.2) is 4.79 Å². The van der Waals surface area contributed by atoms with Gasteiger partial charge in [-0.1, -0.05) is 28.1 Å². The number of ether oxygens (including phenoxy) is 2. The average molecular weight is 381 g/mol. The van der Waals surface area contributed by atoms with Gasteiger partial charge in [0.25, 0.3) is 0 Å². The molecule has 5 heteroatoms. The summed E-state index contributed by atoms with van der Waals surface area (Å²) in [6.07, 6.45) is 1.89. The molecule has 1 aliphatic carbocycles. The van der Waals surface area contributed by atoms with Crippen LogP contribution in [0.5, 0.6) is 0 Å². The standard InChI is InChI=1S/C18H21BrO4/c1-5-22-15(20)10-13-11-18(13,16(21)23-17(2,3)4)12-6-8-14(19)9-7-12/h6-10H,5,11H2,1-4H3/b13-10+/t18-/m0/s1. The fourth-order valence-corrected chi connectivity index (χ4v) is 2.71. The van der Waals surface area contributed by atoms with E-state index in [-0.39, 0.29) is 5.97 Å². The maximum Gasteiger partial charge on any atom is 0.330 e. The SMILES string of the molecule is CCOC(=O)/C=C1\C[C@]1(C(=O)OC(C)(C)C)c1ccc(Br)cc1. The zero-order chi connectivity index (χ0) is 17.3. The molecule has 1 aromatic carbocycles. The minimum atomic E-state index is -0.874. The van der Waals surface area contributed by atoms with Crippen molar-refractivity contribution in [1.29, 1.82) is 0 Å². The van der Waals surface area contributed by atoms with Crippen molar-refractivity contribution >= 4 is 27.9 Å². The fourth-order valence-electron chi connectivity index (χ4n) is 2.45. The Balaban J connectivity index is 2.36. The third-order valence-electron chi connectivity index (χ3n) is 3.54. The second-order valence-electron chi connectivity index (χ2n) is 6.51. The summed E-state index contributed by atoms with van der Waals surface area (Å²) in [7, 11) is 0. The Morgan fingerprint density at radius 1 is 1.26 bits per heavy atom. The Bertz CT molecular complexity index is 640. The molecule has 0 saturated heterocycles. The van der Waals surface area contributed by atoms with Gasteiger partial charge in [0.2, 0.25) is 0 Å². The number of carbonyl (C=O) groups excluding carboxylic acids is 2. The first-order valence-corrected chi connectivity index (χ1v) is 8.35. The van der Waals surface area contributed by atoms with Crippen LogP contribution >= 0.6 is 15.9 Å². The van der Waals surface area contributed by atoms with Gasteiger partial charge in [-0.3, -0.25) is 4.79 Å². The van der Waals surface area contributed by atoms with E-state index in [0.29, 0.717) is 13.0 Å². The van der Waals surface area contributed by atoms with Crippen LogP contribution in [0.4, 0.5) is 0 Å². The van der Waals surface area contributed by atoms with Gasteiger partial charge < -0.3 is 9.47 Å². The van der Waals surface area contributed by atoms with Gasteiger partial charge >= 0.3 is 11.9 Å². The van der Waals surface area contributed by atoms with E-state index in [9.17, 15) is 9.59 Å². The molecule has 1 aliphatic rings. The molecule has 0 spiro atoms. The molecule has 0 radical (unpaired) electrons.